The fraction of sp³-hybridized carbons (Fsp3) is 0.640. The SMILES string of the molecule is COC(=O)c1ccc(COC(=O)[C@@H]2C[C@H](O)CN2C(=O)C23CC4CC(CC(C4)C2)C3)cc1. The van der Waals surface area contributed by atoms with Crippen LogP contribution in [0, 0.1) is 23.2 Å². The fourth-order valence-electron chi connectivity index (χ4n) is 7.04. The van der Waals surface area contributed by atoms with Gasteiger partial charge in [0, 0.05) is 13.0 Å². The summed E-state index contributed by atoms with van der Waals surface area (Å²) in [5.74, 6) is 1.06. The van der Waals surface area contributed by atoms with Crippen LogP contribution < -0.4 is 0 Å². The number of aliphatic hydroxyl groups excluding tert-OH is 1. The Bertz CT molecular complexity index is 874. The van der Waals surface area contributed by atoms with Gasteiger partial charge in [0.05, 0.1) is 24.2 Å². The molecule has 7 nitrogen and oxygen atoms in total. The lowest BCUT2D eigenvalue weighted by Gasteiger charge is -2.56. The highest BCUT2D eigenvalue weighted by Crippen LogP contribution is 2.60. The van der Waals surface area contributed by atoms with Gasteiger partial charge in [0.1, 0.15) is 12.6 Å². The third kappa shape index (κ3) is 3.81. The second-order valence-corrected chi connectivity index (χ2v) is 10.4. The van der Waals surface area contributed by atoms with Crippen molar-refractivity contribution in [3.63, 3.8) is 0 Å². The maximum atomic E-state index is 13.7. The number of carbonyl (C=O) groups excluding carboxylic acids is 3. The van der Waals surface area contributed by atoms with E-state index in [1.165, 1.54) is 26.4 Å². The number of ether oxygens (including phenoxy) is 2. The van der Waals surface area contributed by atoms with Crippen LogP contribution in [-0.4, -0.2) is 53.7 Å². The molecular weight excluding hydrogens is 410 g/mol. The van der Waals surface area contributed by atoms with Crippen molar-refractivity contribution in [2.24, 2.45) is 23.2 Å². The lowest BCUT2D eigenvalue weighted by Crippen LogP contribution is -2.56. The summed E-state index contributed by atoms with van der Waals surface area (Å²) in [6, 6.07) is 5.93. The predicted octanol–water partition coefficient (Wildman–Crippen LogP) is 2.69. The highest BCUT2D eigenvalue weighted by molar-refractivity contribution is 5.90. The van der Waals surface area contributed by atoms with Crippen LogP contribution in [0.1, 0.15) is 60.9 Å². The van der Waals surface area contributed by atoms with E-state index in [1.807, 2.05) is 0 Å². The van der Waals surface area contributed by atoms with Gasteiger partial charge in [-0.1, -0.05) is 12.1 Å². The molecule has 1 heterocycles. The second kappa shape index (κ2) is 8.18. The Morgan fingerprint density at radius 3 is 2.16 bits per heavy atom. The molecule has 5 aliphatic rings. The number of benzene rings is 1. The number of carbonyl (C=O) groups is 3. The minimum Gasteiger partial charge on any atom is -0.465 e. The van der Waals surface area contributed by atoms with Crippen LogP contribution in [0.5, 0.6) is 0 Å². The molecule has 4 saturated carbocycles. The summed E-state index contributed by atoms with van der Waals surface area (Å²) in [7, 11) is 1.32. The van der Waals surface area contributed by atoms with Crippen molar-refractivity contribution in [1.29, 1.82) is 0 Å². The van der Waals surface area contributed by atoms with Gasteiger partial charge in [-0.2, -0.15) is 0 Å². The minimum absolute atomic E-state index is 0.0479. The molecule has 0 radical (unpaired) electrons. The molecular formula is C25H31NO6. The number of esters is 2. The normalized spacial score (nSPS) is 35.1. The van der Waals surface area contributed by atoms with E-state index in [1.54, 1.807) is 29.2 Å². The van der Waals surface area contributed by atoms with E-state index in [4.69, 9.17) is 4.74 Å². The fourth-order valence-corrected chi connectivity index (χ4v) is 7.04. The zero-order chi connectivity index (χ0) is 22.5. The molecule has 6 rings (SSSR count). The topological polar surface area (TPSA) is 93.1 Å². The number of likely N-dealkylation sites (tertiary alicyclic amines) is 1. The number of aliphatic hydroxyl groups is 1. The number of amides is 1. The summed E-state index contributed by atoms with van der Waals surface area (Å²) < 4.78 is 10.2. The number of hydrogen-bond donors (Lipinski definition) is 1. The molecule has 1 aliphatic heterocycles. The zero-order valence-electron chi connectivity index (χ0n) is 18.5. The Morgan fingerprint density at radius 1 is 1.00 bits per heavy atom. The molecule has 7 heteroatoms. The average Bonchev–Trinajstić information content (AvgIpc) is 3.17. The maximum absolute atomic E-state index is 13.7. The van der Waals surface area contributed by atoms with Gasteiger partial charge in [0.2, 0.25) is 5.91 Å². The first-order chi connectivity index (χ1) is 15.4. The Balaban J connectivity index is 1.25. The summed E-state index contributed by atoms with van der Waals surface area (Å²) in [5.41, 5.74) is 0.818. The van der Waals surface area contributed by atoms with Crippen LogP contribution in [0.15, 0.2) is 24.3 Å². The van der Waals surface area contributed by atoms with Crippen molar-refractivity contribution in [3.05, 3.63) is 35.4 Å². The molecule has 0 unspecified atom stereocenters. The highest BCUT2D eigenvalue weighted by Gasteiger charge is 2.57. The summed E-state index contributed by atoms with van der Waals surface area (Å²) in [5, 5.41) is 10.3. The summed E-state index contributed by atoms with van der Waals surface area (Å²) in [4.78, 5) is 39.8. The molecule has 0 aromatic heterocycles. The molecule has 2 atom stereocenters. The van der Waals surface area contributed by atoms with Crippen molar-refractivity contribution in [2.45, 2.75) is 63.7 Å². The van der Waals surface area contributed by atoms with Gasteiger partial charge in [0.15, 0.2) is 0 Å². The van der Waals surface area contributed by atoms with Gasteiger partial charge in [-0.25, -0.2) is 9.59 Å². The maximum Gasteiger partial charge on any atom is 0.337 e. The van der Waals surface area contributed by atoms with E-state index in [9.17, 15) is 19.5 Å². The van der Waals surface area contributed by atoms with Crippen LogP contribution in [0.3, 0.4) is 0 Å². The first kappa shape index (κ1) is 21.4. The molecule has 1 amide bonds. The largest absolute Gasteiger partial charge is 0.465 e. The standard InChI is InChI=1S/C25H31NO6/c1-31-22(28)19-4-2-15(3-5-19)14-32-23(29)21-9-20(27)13-26(21)24(30)25-10-16-6-17(11-25)8-18(7-16)12-25/h2-5,16-18,20-21,27H,6-14H2,1H3/t16?,17?,18?,20-,21-,25?/m0/s1. The zero-order valence-corrected chi connectivity index (χ0v) is 18.5. The van der Waals surface area contributed by atoms with E-state index in [2.05, 4.69) is 4.74 Å². The smallest absolute Gasteiger partial charge is 0.337 e. The molecule has 4 bridgehead atoms. The molecule has 5 fully saturated rings. The van der Waals surface area contributed by atoms with Crippen molar-refractivity contribution < 1.29 is 29.0 Å². The Labute approximate surface area is 188 Å². The Hall–Kier alpha value is -2.41. The third-order valence-corrected chi connectivity index (χ3v) is 8.06. The molecule has 1 aromatic carbocycles. The van der Waals surface area contributed by atoms with Crippen molar-refractivity contribution in [1.82, 2.24) is 4.90 Å². The molecule has 0 spiro atoms. The van der Waals surface area contributed by atoms with Gasteiger partial charge >= 0.3 is 11.9 Å². The Kier molecular flexibility index (Phi) is 5.48. The number of methoxy groups -OCH3 is 1. The molecule has 1 aromatic rings. The van der Waals surface area contributed by atoms with Gasteiger partial charge in [-0.05, 0) is 74.0 Å². The van der Waals surface area contributed by atoms with Gasteiger partial charge in [-0.3, -0.25) is 4.79 Å². The third-order valence-electron chi connectivity index (χ3n) is 8.06. The first-order valence-corrected chi connectivity index (χ1v) is 11.7. The molecule has 1 saturated heterocycles. The average molecular weight is 442 g/mol. The van der Waals surface area contributed by atoms with Crippen molar-refractivity contribution in [3.8, 4) is 0 Å². The van der Waals surface area contributed by atoms with E-state index < -0.39 is 24.1 Å². The minimum atomic E-state index is -0.736. The van der Waals surface area contributed by atoms with Crippen molar-refractivity contribution in [2.75, 3.05) is 13.7 Å². The van der Waals surface area contributed by atoms with E-state index >= 15 is 0 Å². The van der Waals surface area contributed by atoms with Gasteiger partial charge in [0.25, 0.3) is 0 Å². The van der Waals surface area contributed by atoms with E-state index in [0.717, 1.165) is 24.8 Å². The highest BCUT2D eigenvalue weighted by atomic mass is 16.5. The number of nitrogens with zero attached hydrogens (tertiary/aromatic N) is 1. The molecule has 32 heavy (non-hydrogen) atoms. The van der Waals surface area contributed by atoms with E-state index in [0.29, 0.717) is 23.3 Å². The number of hydrogen-bond acceptors (Lipinski definition) is 6. The summed E-state index contributed by atoms with van der Waals surface area (Å²) >= 11 is 0. The predicted molar refractivity (Wildman–Crippen MR) is 114 cm³/mol. The van der Waals surface area contributed by atoms with Gasteiger partial charge < -0.3 is 19.5 Å². The molecule has 4 aliphatic carbocycles. The van der Waals surface area contributed by atoms with Crippen LogP contribution >= 0.6 is 0 Å². The summed E-state index contributed by atoms with van der Waals surface area (Å²) in [6.45, 7) is 0.250. The lowest BCUT2D eigenvalue weighted by molar-refractivity contribution is -0.166. The molecule has 1 N–H and O–H groups in total. The lowest BCUT2D eigenvalue weighted by atomic mass is 9.49. The van der Waals surface area contributed by atoms with E-state index in [-0.39, 0.29) is 30.9 Å². The van der Waals surface area contributed by atoms with Crippen molar-refractivity contribution >= 4 is 17.8 Å². The van der Waals surface area contributed by atoms with Gasteiger partial charge in [-0.15, -0.1) is 0 Å². The number of rotatable bonds is 5. The molecule has 172 valence electrons. The first-order valence-electron chi connectivity index (χ1n) is 11.7. The Morgan fingerprint density at radius 2 is 1.59 bits per heavy atom. The monoisotopic (exact) mass is 441 g/mol. The van der Waals surface area contributed by atoms with Crippen LogP contribution in [0.2, 0.25) is 0 Å². The number of β-amino-alcohol motifs (C(OH)–C–C–N with tert-alkyl or cyclic N) is 1. The van der Waals surface area contributed by atoms with Crippen LogP contribution in [0.25, 0.3) is 0 Å². The van der Waals surface area contributed by atoms with Crippen LogP contribution in [0.4, 0.5) is 0 Å². The van der Waals surface area contributed by atoms with Crippen LogP contribution in [-0.2, 0) is 25.7 Å². The summed E-state index contributed by atoms with van der Waals surface area (Å²) in [6.07, 6.45) is 6.04. The second-order valence-electron chi connectivity index (χ2n) is 10.4. The quantitative estimate of drug-likeness (QED) is 0.707.